The average molecular weight is 299 g/mol. The van der Waals surface area contributed by atoms with Gasteiger partial charge in [-0.3, -0.25) is 4.79 Å². The third-order valence-electron chi connectivity index (χ3n) is 3.77. The second-order valence-corrected chi connectivity index (χ2v) is 5.33. The van der Waals surface area contributed by atoms with Gasteiger partial charge >= 0.3 is 5.97 Å². The zero-order valence-electron chi connectivity index (χ0n) is 11.6. The Morgan fingerprint density at radius 2 is 2.35 bits per heavy atom. The molecule has 0 aliphatic carbocycles. The van der Waals surface area contributed by atoms with Gasteiger partial charge in [-0.2, -0.15) is 0 Å². The van der Waals surface area contributed by atoms with Gasteiger partial charge in [0.25, 0.3) is 0 Å². The van der Waals surface area contributed by atoms with Crippen LogP contribution in [-0.4, -0.2) is 44.4 Å². The van der Waals surface area contributed by atoms with Crippen molar-refractivity contribution in [2.45, 2.75) is 12.5 Å². The number of nitrogens with zero attached hydrogens (tertiary/aromatic N) is 1. The fraction of sp³-hybridized carbons (Fsp3) is 0.500. The predicted octanol–water partition coefficient (Wildman–Crippen LogP) is 1.85. The van der Waals surface area contributed by atoms with E-state index in [2.05, 4.69) is 10.2 Å². The molecular weight excluding hydrogens is 280 g/mol. The quantitative estimate of drug-likeness (QED) is 0.869. The number of hydrogen-bond donors (Lipinski definition) is 2. The van der Waals surface area contributed by atoms with Crippen LogP contribution in [0.15, 0.2) is 18.2 Å². The first kappa shape index (κ1) is 14.9. The van der Waals surface area contributed by atoms with Crippen molar-refractivity contribution in [3.63, 3.8) is 0 Å². The Balaban J connectivity index is 2.09. The number of aliphatic carboxylic acids is 1. The van der Waals surface area contributed by atoms with Crippen LogP contribution in [0.25, 0.3) is 0 Å². The number of anilines is 1. The third-order valence-corrected chi connectivity index (χ3v) is 4.07. The van der Waals surface area contributed by atoms with Crippen LogP contribution < -0.4 is 15.0 Å². The number of halogens is 1. The summed E-state index contributed by atoms with van der Waals surface area (Å²) in [6.07, 6.45) is 0.849. The highest BCUT2D eigenvalue weighted by atomic mass is 35.5. The van der Waals surface area contributed by atoms with Gasteiger partial charge in [0.15, 0.2) is 0 Å². The number of methoxy groups -OCH3 is 1. The molecular formula is C14H19ClN2O3. The second kappa shape index (κ2) is 6.33. The van der Waals surface area contributed by atoms with Gasteiger partial charge in [-0.25, -0.2) is 0 Å². The van der Waals surface area contributed by atoms with E-state index in [1.54, 1.807) is 14.2 Å². The van der Waals surface area contributed by atoms with E-state index in [1.807, 2.05) is 18.2 Å². The van der Waals surface area contributed by atoms with Crippen LogP contribution in [0.3, 0.4) is 0 Å². The molecule has 6 heteroatoms. The van der Waals surface area contributed by atoms with Gasteiger partial charge in [0.1, 0.15) is 11.8 Å². The highest BCUT2D eigenvalue weighted by Crippen LogP contribution is 2.32. The zero-order valence-corrected chi connectivity index (χ0v) is 12.4. The van der Waals surface area contributed by atoms with Crippen molar-refractivity contribution in [1.29, 1.82) is 0 Å². The molecule has 0 radical (unpaired) electrons. The van der Waals surface area contributed by atoms with Crippen molar-refractivity contribution in [2.24, 2.45) is 5.92 Å². The lowest BCUT2D eigenvalue weighted by atomic mass is 9.99. The SMILES string of the molecule is CNC(C(=O)O)C1CCN(c2ccc(OC)c(Cl)c2)C1. The molecule has 1 saturated heterocycles. The molecule has 1 aliphatic heterocycles. The maximum absolute atomic E-state index is 11.2. The summed E-state index contributed by atoms with van der Waals surface area (Å²) in [7, 11) is 3.27. The van der Waals surface area contributed by atoms with Crippen molar-refractivity contribution in [3.05, 3.63) is 23.2 Å². The van der Waals surface area contributed by atoms with Crippen LogP contribution >= 0.6 is 11.6 Å². The summed E-state index contributed by atoms with van der Waals surface area (Å²) in [4.78, 5) is 13.3. The molecule has 1 heterocycles. The summed E-state index contributed by atoms with van der Waals surface area (Å²) in [5, 5.41) is 12.6. The van der Waals surface area contributed by atoms with Crippen molar-refractivity contribution < 1.29 is 14.6 Å². The molecule has 1 aromatic carbocycles. The molecule has 1 fully saturated rings. The number of rotatable bonds is 5. The fourth-order valence-corrected chi connectivity index (χ4v) is 2.96. The molecule has 0 spiro atoms. The molecule has 2 unspecified atom stereocenters. The van der Waals surface area contributed by atoms with E-state index < -0.39 is 12.0 Å². The molecule has 2 N–H and O–H groups in total. The lowest BCUT2D eigenvalue weighted by molar-refractivity contribution is -0.140. The van der Waals surface area contributed by atoms with Gasteiger partial charge in [0.2, 0.25) is 0 Å². The van der Waals surface area contributed by atoms with Gasteiger partial charge in [-0.1, -0.05) is 11.6 Å². The number of carboxylic acid groups (broad SMARTS) is 1. The second-order valence-electron chi connectivity index (χ2n) is 4.92. The Bertz CT molecular complexity index is 495. The van der Waals surface area contributed by atoms with E-state index in [4.69, 9.17) is 16.3 Å². The molecule has 2 atom stereocenters. The number of nitrogens with one attached hydrogen (secondary N) is 1. The number of benzene rings is 1. The fourth-order valence-electron chi connectivity index (χ4n) is 2.71. The van der Waals surface area contributed by atoms with Crippen LogP contribution in [0, 0.1) is 5.92 Å². The summed E-state index contributed by atoms with van der Waals surface area (Å²) >= 11 is 6.13. The van der Waals surface area contributed by atoms with E-state index >= 15 is 0 Å². The molecule has 0 aromatic heterocycles. The van der Waals surface area contributed by atoms with Crippen molar-refractivity contribution in [2.75, 3.05) is 32.1 Å². The van der Waals surface area contributed by atoms with Gasteiger partial charge < -0.3 is 20.1 Å². The largest absolute Gasteiger partial charge is 0.495 e. The van der Waals surface area contributed by atoms with Gasteiger partial charge in [-0.15, -0.1) is 0 Å². The summed E-state index contributed by atoms with van der Waals surface area (Å²) in [6, 6.07) is 5.13. The first-order chi connectivity index (χ1) is 9.56. The highest BCUT2D eigenvalue weighted by Gasteiger charge is 2.33. The average Bonchev–Trinajstić information content (AvgIpc) is 2.88. The number of carboxylic acids is 1. The van der Waals surface area contributed by atoms with Gasteiger partial charge in [-0.05, 0) is 31.7 Å². The highest BCUT2D eigenvalue weighted by molar-refractivity contribution is 6.32. The molecule has 20 heavy (non-hydrogen) atoms. The molecule has 1 aliphatic rings. The number of carbonyl (C=O) groups is 1. The predicted molar refractivity (Wildman–Crippen MR) is 78.8 cm³/mol. The minimum atomic E-state index is -0.799. The first-order valence-electron chi connectivity index (χ1n) is 6.55. The van der Waals surface area contributed by atoms with Crippen LogP contribution in [-0.2, 0) is 4.79 Å². The van der Waals surface area contributed by atoms with Crippen LogP contribution in [0.2, 0.25) is 5.02 Å². The summed E-state index contributed by atoms with van der Waals surface area (Å²) in [6.45, 7) is 1.54. The minimum absolute atomic E-state index is 0.0957. The van der Waals surface area contributed by atoms with Crippen LogP contribution in [0.1, 0.15) is 6.42 Å². The topological polar surface area (TPSA) is 61.8 Å². The van der Waals surface area contributed by atoms with Crippen LogP contribution in [0.5, 0.6) is 5.75 Å². The Morgan fingerprint density at radius 3 is 2.90 bits per heavy atom. The van der Waals surface area contributed by atoms with E-state index in [0.717, 1.165) is 18.7 Å². The monoisotopic (exact) mass is 298 g/mol. The standard InChI is InChI=1S/C14H19ClN2O3/c1-16-13(14(18)19)9-5-6-17(8-9)10-3-4-12(20-2)11(15)7-10/h3-4,7,9,13,16H,5-6,8H2,1-2H3,(H,18,19). The molecule has 110 valence electrons. The molecule has 0 bridgehead atoms. The Labute approximate surface area is 123 Å². The van der Waals surface area contributed by atoms with E-state index in [1.165, 1.54) is 0 Å². The van der Waals surface area contributed by atoms with Gasteiger partial charge in [0, 0.05) is 24.7 Å². The maximum atomic E-state index is 11.2. The van der Waals surface area contributed by atoms with E-state index in [9.17, 15) is 9.90 Å². The smallest absolute Gasteiger partial charge is 0.321 e. The summed E-state index contributed by atoms with van der Waals surface area (Å²) in [5.74, 6) is -0.0599. The normalized spacial score (nSPS) is 19.9. The number of hydrogen-bond acceptors (Lipinski definition) is 4. The van der Waals surface area contributed by atoms with Crippen molar-refractivity contribution in [1.82, 2.24) is 5.32 Å². The lowest BCUT2D eigenvalue weighted by Gasteiger charge is -2.22. The molecule has 0 amide bonds. The Morgan fingerprint density at radius 1 is 1.60 bits per heavy atom. The van der Waals surface area contributed by atoms with E-state index in [0.29, 0.717) is 17.3 Å². The molecule has 0 saturated carbocycles. The molecule has 5 nitrogen and oxygen atoms in total. The number of likely N-dealkylation sites (N-methyl/N-ethyl adjacent to an activating group) is 1. The number of ether oxygens (including phenoxy) is 1. The minimum Gasteiger partial charge on any atom is -0.495 e. The lowest BCUT2D eigenvalue weighted by Crippen LogP contribution is -2.41. The van der Waals surface area contributed by atoms with Crippen molar-refractivity contribution >= 4 is 23.3 Å². The summed E-state index contributed by atoms with van der Waals surface area (Å²) < 4.78 is 5.13. The maximum Gasteiger partial charge on any atom is 0.321 e. The Hall–Kier alpha value is -1.46. The summed E-state index contributed by atoms with van der Waals surface area (Å²) in [5.41, 5.74) is 0.999. The Kier molecular flexibility index (Phi) is 4.73. The third kappa shape index (κ3) is 2.99. The van der Waals surface area contributed by atoms with Crippen molar-refractivity contribution in [3.8, 4) is 5.75 Å². The van der Waals surface area contributed by atoms with Crippen LogP contribution in [0.4, 0.5) is 5.69 Å². The zero-order chi connectivity index (χ0) is 14.7. The van der Waals surface area contributed by atoms with Gasteiger partial charge in [0.05, 0.1) is 12.1 Å². The first-order valence-corrected chi connectivity index (χ1v) is 6.93. The molecule has 2 rings (SSSR count). The van der Waals surface area contributed by atoms with E-state index in [-0.39, 0.29) is 5.92 Å². The molecule has 1 aromatic rings.